The number of carboxylic acids is 1. The van der Waals surface area contributed by atoms with Crippen LogP contribution in [0, 0.1) is 0 Å². The molecule has 0 radical (unpaired) electrons. The fraction of sp³-hybridized carbons (Fsp3) is 0. The second kappa shape index (κ2) is 4.64. The minimum atomic E-state index is -0.958. The lowest BCUT2D eigenvalue weighted by atomic mass is 10.3. The molecule has 3 aromatic rings. The van der Waals surface area contributed by atoms with Gasteiger partial charge in [-0.15, -0.1) is 11.3 Å². The number of nitrogens with two attached hydrogens (primary N) is 1. The van der Waals surface area contributed by atoms with Gasteiger partial charge in [0, 0.05) is 10.6 Å². The van der Waals surface area contributed by atoms with Crippen molar-refractivity contribution in [2.45, 2.75) is 9.79 Å². The summed E-state index contributed by atoms with van der Waals surface area (Å²) in [6, 6.07) is 9.32. The molecular weight excluding hydrogens is 280 g/mol. The Morgan fingerprint density at radius 2 is 2.11 bits per heavy atom. The molecule has 19 heavy (non-hydrogen) atoms. The predicted molar refractivity (Wildman–Crippen MR) is 78.1 cm³/mol. The highest BCUT2D eigenvalue weighted by Gasteiger charge is 2.19. The summed E-state index contributed by atoms with van der Waals surface area (Å²) in [6.07, 6.45) is 0. The number of nitrogens with one attached hydrogen (secondary N) is 1. The number of rotatable bonds is 3. The van der Waals surface area contributed by atoms with E-state index in [0.29, 0.717) is 5.69 Å². The summed E-state index contributed by atoms with van der Waals surface area (Å²) in [5.74, 6) is -0.958. The van der Waals surface area contributed by atoms with Crippen LogP contribution in [-0.2, 0) is 0 Å². The van der Waals surface area contributed by atoms with Crippen molar-refractivity contribution in [3.8, 4) is 0 Å². The Bertz CT molecular complexity index is 761. The average Bonchev–Trinajstić information content (AvgIpc) is 2.94. The number of aromatic amines is 1. The van der Waals surface area contributed by atoms with E-state index in [0.717, 1.165) is 20.0 Å². The minimum Gasteiger partial charge on any atom is -0.477 e. The third-order valence-electron chi connectivity index (χ3n) is 2.70. The number of para-hydroxylation sites is 1. The molecule has 0 saturated heterocycles. The standard InChI is InChI=1S/C13H10N2O2S2/c14-7-3-1-2-4-9(7)19-12-10(13(16)17)15-8-5-6-18-11(8)12/h1-6,15H,14H2,(H,16,17). The molecule has 2 aromatic heterocycles. The van der Waals surface area contributed by atoms with Crippen LogP contribution in [0.5, 0.6) is 0 Å². The van der Waals surface area contributed by atoms with Crippen LogP contribution in [0.3, 0.4) is 0 Å². The zero-order valence-corrected chi connectivity index (χ0v) is 11.3. The molecule has 0 aliphatic carbocycles. The van der Waals surface area contributed by atoms with Crippen LogP contribution in [-0.4, -0.2) is 16.1 Å². The van der Waals surface area contributed by atoms with Crippen molar-refractivity contribution in [1.82, 2.24) is 4.98 Å². The fourth-order valence-corrected chi connectivity index (χ4v) is 3.88. The second-order valence-corrected chi connectivity index (χ2v) is 5.91. The molecule has 4 N–H and O–H groups in total. The van der Waals surface area contributed by atoms with Crippen molar-refractivity contribution in [3.63, 3.8) is 0 Å². The van der Waals surface area contributed by atoms with Gasteiger partial charge in [0.2, 0.25) is 0 Å². The Hall–Kier alpha value is -1.92. The van der Waals surface area contributed by atoms with Crippen LogP contribution >= 0.6 is 23.1 Å². The zero-order valence-electron chi connectivity index (χ0n) is 9.71. The molecule has 0 spiro atoms. The first-order chi connectivity index (χ1) is 9.16. The summed E-state index contributed by atoms with van der Waals surface area (Å²) in [5.41, 5.74) is 7.62. The number of aromatic nitrogens is 1. The first-order valence-corrected chi connectivity index (χ1v) is 7.21. The van der Waals surface area contributed by atoms with E-state index in [9.17, 15) is 9.90 Å². The van der Waals surface area contributed by atoms with E-state index < -0.39 is 5.97 Å². The van der Waals surface area contributed by atoms with Crippen molar-refractivity contribution in [3.05, 3.63) is 41.4 Å². The fourth-order valence-electron chi connectivity index (χ4n) is 1.82. The number of nitrogen functional groups attached to an aromatic ring is 1. The third kappa shape index (κ3) is 2.09. The number of hydrogen-bond donors (Lipinski definition) is 3. The van der Waals surface area contributed by atoms with Gasteiger partial charge in [-0.2, -0.15) is 0 Å². The Morgan fingerprint density at radius 1 is 1.32 bits per heavy atom. The van der Waals surface area contributed by atoms with Crippen molar-refractivity contribution in [2.75, 3.05) is 5.73 Å². The van der Waals surface area contributed by atoms with Crippen molar-refractivity contribution >= 4 is 45.0 Å². The number of thiophene rings is 1. The molecule has 1 aromatic carbocycles. The largest absolute Gasteiger partial charge is 0.477 e. The van der Waals surface area contributed by atoms with Gasteiger partial charge in [-0.25, -0.2) is 4.79 Å². The molecule has 0 aliphatic heterocycles. The van der Waals surface area contributed by atoms with E-state index in [-0.39, 0.29) is 5.69 Å². The summed E-state index contributed by atoms with van der Waals surface area (Å²) >= 11 is 2.90. The molecule has 0 unspecified atom stereocenters. The van der Waals surface area contributed by atoms with Crippen LogP contribution in [0.4, 0.5) is 5.69 Å². The molecular formula is C13H10N2O2S2. The molecule has 0 amide bonds. The number of fused-ring (bicyclic) bond motifs is 1. The SMILES string of the molecule is Nc1ccccc1Sc1c(C(=O)O)[nH]c2ccsc12. The van der Waals surface area contributed by atoms with E-state index in [1.54, 1.807) is 6.07 Å². The van der Waals surface area contributed by atoms with E-state index in [1.165, 1.54) is 23.1 Å². The Balaban J connectivity index is 2.13. The number of hydrogen-bond acceptors (Lipinski definition) is 4. The van der Waals surface area contributed by atoms with E-state index in [2.05, 4.69) is 4.98 Å². The first-order valence-electron chi connectivity index (χ1n) is 5.51. The molecule has 6 heteroatoms. The Labute approximate surface area is 117 Å². The molecule has 0 bridgehead atoms. The van der Waals surface area contributed by atoms with Crippen molar-refractivity contribution in [2.24, 2.45) is 0 Å². The molecule has 96 valence electrons. The van der Waals surface area contributed by atoms with Crippen LogP contribution < -0.4 is 5.73 Å². The van der Waals surface area contributed by atoms with Gasteiger partial charge < -0.3 is 15.8 Å². The highest BCUT2D eigenvalue weighted by Crippen LogP contribution is 2.40. The average molecular weight is 290 g/mol. The van der Waals surface area contributed by atoms with Gasteiger partial charge in [-0.05, 0) is 23.6 Å². The maximum atomic E-state index is 11.3. The highest BCUT2D eigenvalue weighted by molar-refractivity contribution is 8.00. The van der Waals surface area contributed by atoms with Gasteiger partial charge in [-0.3, -0.25) is 0 Å². The normalized spacial score (nSPS) is 10.9. The number of carbonyl (C=O) groups is 1. The molecule has 0 fully saturated rings. The first kappa shape index (κ1) is 12.1. The maximum absolute atomic E-state index is 11.3. The van der Waals surface area contributed by atoms with E-state index >= 15 is 0 Å². The molecule has 2 heterocycles. The monoisotopic (exact) mass is 290 g/mol. The van der Waals surface area contributed by atoms with Crippen LogP contribution in [0.15, 0.2) is 45.5 Å². The van der Waals surface area contributed by atoms with Gasteiger partial charge >= 0.3 is 5.97 Å². The summed E-state index contributed by atoms with van der Waals surface area (Å²) in [5, 5.41) is 11.2. The second-order valence-electron chi connectivity index (χ2n) is 3.94. The minimum absolute atomic E-state index is 0.218. The van der Waals surface area contributed by atoms with Crippen LogP contribution in [0.1, 0.15) is 10.5 Å². The quantitative estimate of drug-likeness (QED) is 0.643. The predicted octanol–water partition coefficient (Wildman–Crippen LogP) is 3.66. The lowest BCUT2D eigenvalue weighted by molar-refractivity contribution is 0.0688. The van der Waals surface area contributed by atoms with Crippen LogP contribution in [0.25, 0.3) is 10.2 Å². The maximum Gasteiger partial charge on any atom is 0.353 e. The highest BCUT2D eigenvalue weighted by atomic mass is 32.2. The lowest BCUT2D eigenvalue weighted by Gasteiger charge is -2.04. The summed E-state index contributed by atoms with van der Waals surface area (Å²) in [7, 11) is 0. The van der Waals surface area contributed by atoms with Gasteiger partial charge in [0.1, 0.15) is 5.69 Å². The summed E-state index contributed by atoms with van der Waals surface area (Å²) < 4.78 is 0.950. The number of H-pyrrole nitrogens is 1. The smallest absolute Gasteiger partial charge is 0.353 e. The topological polar surface area (TPSA) is 79.1 Å². The summed E-state index contributed by atoms with van der Waals surface area (Å²) in [6.45, 7) is 0. The molecule has 0 saturated carbocycles. The molecule has 0 aliphatic rings. The lowest BCUT2D eigenvalue weighted by Crippen LogP contribution is -1.98. The molecule has 0 atom stereocenters. The Morgan fingerprint density at radius 3 is 2.84 bits per heavy atom. The van der Waals surface area contributed by atoms with Crippen molar-refractivity contribution in [1.29, 1.82) is 0 Å². The van der Waals surface area contributed by atoms with Gasteiger partial charge in [-0.1, -0.05) is 23.9 Å². The van der Waals surface area contributed by atoms with Gasteiger partial charge in [0.15, 0.2) is 0 Å². The number of benzene rings is 1. The Kier molecular flexibility index (Phi) is 2.96. The van der Waals surface area contributed by atoms with Gasteiger partial charge in [0.05, 0.1) is 15.1 Å². The van der Waals surface area contributed by atoms with Crippen LogP contribution in [0.2, 0.25) is 0 Å². The van der Waals surface area contributed by atoms with Gasteiger partial charge in [0.25, 0.3) is 0 Å². The number of anilines is 1. The van der Waals surface area contributed by atoms with E-state index in [4.69, 9.17) is 5.73 Å². The van der Waals surface area contributed by atoms with E-state index in [1.807, 2.05) is 29.6 Å². The summed E-state index contributed by atoms with van der Waals surface area (Å²) in [4.78, 5) is 15.8. The number of carboxylic acid groups (broad SMARTS) is 1. The van der Waals surface area contributed by atoms with Crippen molar-refractivity contribution < 1.29 is 9.90 Å². The number of aromatic carboxylic acids is 1. The molecule has 4 nitrogen and oxygen atoms in total. The molecule has 3 rings (SSSR count). The zero-order chi connectivity index (χ0) is 13.4. The third-order valence-corrected chi connectivity index (χ3v) is 4.97.